The second-order valence-corrected chi connectivity index (χ2v) is 4.76. The van der Waals surface area contributed by atoms with E-state index in [4.69, 9.17) is 0 Å². The molecule has 1 N–H and O–H groups in total. The van der Waals surface area contributed by atoms with Crippen molar-refractivity contribution in [3.63, 3.8) is 0 Å². The first-order valence-electron chi connectivity index (χ1n) is 6.56. The average molecular weight is 280 g/mol. The molecule has 0 aliphatic rings. The predicted molar refractivity (Wildman–Crippen MR) is 82.4 cm³/mol. The Balaban J connectivity index is 1.93. The highest BCUT2D eigenvalue weighted by Gasteiger charge is 2.17. The Bertz CT molecular complexity index is 830. The van der Waals surface area contributed by atoms with Crippen molar-refractivity contribution in [2.45, 2.75) is 6.92 Å². The van der Waals surface area contributed by atoms with Crippen LogP contribution in [-0.2, 0) is 0 Å². The van der Waals surface area contributed by atoms with Crippen molar-refractivity contribution >= 4 is 11.4 Å². The number of benzene rings is 2. The normalized spacial score (nSPS) is 10.5. The zero-order chi connectivity index (χ0) is 14.8. The van der Waals surface area contributed by atoms with E-state index < -0.39 is 0 Å². The number of para-hydroxylation sites is 1. The molecule has 0 saturated heterocycles. The summed E-state index contributed by atoms with van der Waals surface area (Å²) in [6.45, 7) is 1.82. The molecule has 2 aromatic carbocycles. The molecule has 3 aromatic rings. The summed E-state index contributed by atoms with van der Waals surface area (Å²) >= 11 is 0. The number of aryl methyl sites for hydroxylation is 1. The standard InChI is InChI=1S/C16H13N3O2/c1-12-11-16(20)18(17-12)13-7-9-15(10-8-13)19(21)14-5-3-2-4-6-14/h2-11H,1H3/p+1. The number of nitrogens with one attached hydrogen (secondary N) is 1. The molecular formula is C16H14N3O2+. The van der Waals surface area contributed by atoms with Gasteiger partial charge in [-0.15, -0.1) is 0 Å². The SMILES string of the molecule is Cc1cc(=O)n(-c2ccc([N+](=O)c3ccccc3)cc2)[nH]1. The Morgan fingerprint density at radius 3 is 2.14 bits per heavy atom. The van der Waals surface area contributed by atoms with Crippen molar-refractivity contribution in [2.75, 3.05) is 0 Å². The van der Waals surface area contributed by atoms with Gasteiger partial charge in [-0.2, -0.15) is 0 Å². The van der Waals surface area contributed by atoms with E-state index in [-0.39, 0.29) is 5.56 Å². The number of nitrogens with zero attached hydrogens (tertiary/aromatic N) is 2. The summed E-state index contributed by atoms with van der Waals surface area (Å²) in [6.07, 6.45) is 0. The highest BCUT2D eigenvalue weighted by Crippen LogP contribution is 2.20. The molecule has 0 aliphatic heterocycles. The van der Waals surface area contributed by atoms with Crippen LogP contribution in [0.25, 0.3) is 5.69 Å². The van der Waals surface area contributed by atoms with E-state index >= 15 is 0 Å². The van der Waals surface area contributed by atoms with Gasteiger partial charge in [0.05, 0.1) is 10.4 Å². The summed E-state index contributed by atoms with van der Waals surface area (Å²) < 4.78 is 2.29. The van der Waals surface area contributed by atoms with Crippen LogP contribution in [0.15, 0.2) is 65.5 Å². The van der Waals surface area contributed by atoms with Gasteiger partial charge in [0.25, 0.3) is 16.9 Å². The average Bonchev–Trinajstić information content (AvgIpc) is 2.86. The molecule has 0 bridgehead atoms. The molecular weight excluding hydrogens is 266 g/mol. The van der Waals surface area contributed by atoms with Gasteiger partial charge < -0.3 is 0 Å². The van der Waals surface area contributed by atoms with Crippen LogP contribution in [0.2, 0.25) is 0 Å². The molecule has 104 valence electrons. The van der Waals surface area contributed by atoms with E-state index in [2.05, 4.69) is 5.10 Å². The molecule has 0 radical (unpaired) electrons. The fourth-order valence-electron chi connectivity index (χ4n) is 2.15. The first-order chi connectivity index (χ1) is 10.1. The van der Waals surface area contributed by atoms with Crippen LogP contribution in [0.1, 0.15) is 5.69 Å². The van der Waals surface area contributed by atoms with Gasteiger partial charge in [0.15, 0.2) is 0 Å². The molecule has 21 heavy (non-hydrogen) atoms. The third-order valence-electron chi connectivity index (χ3n) is 3.18. The number of aromatic amines is 1. The molecule has 3 rings (SSSR count). The van der Waals surface area contributed by atoms with Crippen LogP contribution in [0, 0.1) is 11.8 Å². The van der Waals surface area contributed by atoms with Crippen LogP contribution in [0.4, 0.5) is 11.4 Å². The smallest absolute Gasteiger partial charge is 0.271 e. The number of hydrogen-bond acceptors (Lipinski definition) is 2. The molecule has 5 nitrogen and oxygen atoms in total. The van der Waals surface area contributed by atoms with Crippen molar-refractivity contribution in [2.24, 2.45) is 0 Å². The Hall–Kier alpha value is -2.95. The monoisotopic (exact) mass is 280 g/mol. The molecule has 1 heterocycles. The van der Waals surface area contributed by atoms with E-state index in [1.165, 1.54) is 10.7 Å². The van der Waals surface area contributed by atoms with Crippen LogP contribution >= 0.6 is 0 Å². The lowest BCUT2D eigenvalue weighted by atomic mass is 10.2. The van der Waals surface area contributed by atoms with Crippen molar-refractivity contribution in [1.82, 2.24) is 14.5 Å². The van der Waals surface area contributed by atoms with Crippen molar-refractivity contribution in [1.29, 1.82) is 0 Å². The molecule has 5 heteroatoms. The van der Waals surface area contributed by atoms with Gasteiger partial charge in [-0.3, -0.25) is 9.89 Å². The third-order valence-corrected chi connectivity index (χ3v) is 3.18. The molecule has 0 saturated carbocycles. The maximum absolute atomic E-state index is 12.2. The topological polar surface area (TPSA) is 57.9 Å². The fourth-order valence-corrected chi connectivity index (χ4v) is 2.15. The Morgan fingerprint density at radius 1 is 0.952 bits per heavy atom. The summed E-state index contributed by atoms with van der Waals surface area (Å²) in [5.41, 5.74) is 2.44. The quantitative estimate of drug-likeness (QED) is 0.749. The summed E-state index contributed by atoms with van der Waals surface area (Å²) in [7, 11) is 0. The van der Waals surface area contributed by atoms with Gasteiger partial charge >= 0.3 is 0 Å². The molecule has 0 spiro atoms. The fraction of sp³-hybridized carbons (Fsp3) is 0.0625. The van der Waals surface area contributed by atoms with Crippen LogP contribution in [0.3, 0.4) is 0 Å². The van der Waals surface area contributed by atoms with E-state index in [0.717, 1.165) is 10.5 Å². The maximum Gasteiger partial charge on any atom is 0.271 e. The van der Waals surface area contributed by atoms with Gasteiger partial charge in [-0.1, -0.05) is 18.2 Å². The lowest BCUT2D eigenvalue weighted by Gasteiger charge is -2.01. The minimum atomic E-state index is -0.123. The van der Waals surface area contributed by atoms with Gasteiger partial charge in [0.1, 0.15) is 0 Å². The maximum atomic E-state index is 12.2. The highest BCUT2D eigenvalue weighted by atomic mass is 16.3. The Kier molecular flexibility index (Phi) is 3.23. The van der Waals surface area contributed by atoms with E-state index in [0.29, 0.717) is 17.1 Å². The number of aromatic nitrogens is 2. The lowest BCUT2D eigenvalue weighted by molar-refractivity contribution is 0.834. The third kappa shape index (κ3) is 2.53. The summed E-state index contributed by atoms with van der Waals surface area (Å²) in [5.74, 6) is 0. The molecule has 0 amide bonds. The van der Waals surface area contributed by atoms with Crippen LogP contribution in [-0.4, -0.2) is 9.78 Å². The van der Waals surface area contributed by atoms with Crippen molar-refractivity contribution in [3.8, 4) is 5.69 Å². The van der Waals surface area contributed by atoms with Gasteiger partial charge in [0, 0.05) is 40.9 Å². The van der Waals surface area contributed by atoms with E-state index in [1.54, 1.807) is 36.4 Å². The van der Waals surface area contributed by atoms with Gasteiger partial charge in [-0.25, -0.2) is 4.68 Å². The first-order valence-corrected chi connectivity index (χ1v) is 6.56. The second kappa shape index (κ2) is 5.20. The van der Waals surface area contributed by atoms with Crippen molar-refractivity contribution < 1.29 is 0 Å². The summed E-state index contributed by atoms with van der Waals surface area (Å²) in [6, 6.07) is 17.4. The number of H-pyrrole nitrogens is 1. The van der Waals surface area contributed by atoms with Crippen LogP contribution < -0.4 is 10.3 Å². The molecule has 0 atom stereocenters. The first kappa shape index (κ1) is 13.1. The number of hydrogen-bond donors (Lipinski definition) is 1. The van der Waals surface area contributed by atoms with Crippen molar-refractivity contribution in [3.05, 3.63) is 81.6 Å². The van der Waals surface area contributed by atoms with Gasteiger partial charge in [-0.05, 0) is 19.1 Å². The minimum absolute atomic E-state index is 0.123. The summed E-state index contributed by atoms with van der Waals surface area (Å²) in [4.78, 5) is 23.9. The van der Waals surface area contributed by atoms with Gasteiger partial charge in [0.2, 0.25) is 0 Å². The molecule has 0 unspecified atom stereocenters. The molecule has 0 fully saturated rings. The van der Waals surface area contributed by atoms with E-state index in [9.17, 15) is 9.70 Å². The van der Waals surface area contributed by atoms with Crippen LogP contribution in [0.5, 0.6) is 0 Å². The Labute approximate surface area is 121 Å². The zero-order valence-corrected chi connectivity index (χ0v) is 11.5. The minimum Gasteiger partial charge on any atom is -0.295 e. The largest absolute Gasteiger partial charge is 0.295 e. The Morgan fingerprint density at radius 2 is 1.57 bits per heavy atom. The highest BCUT2D eigenvalue weighted by molar-refractivity contribution is 5.53. The molecule has 0 aliphatic carbocycles. The number of rotatable bonds is 3. The second-order valence-electron chi connectivity index (χ2n) is 4.76. The van der Waals surface area contributed by atoms with E-state index in [1.807, 2.05) is 25.1 Å². The summed E-state index contributed by atoms with van der Waals surface area (Å²) in [5, 5.41) is 2.95. The molecule has 1 aromatic heterocycles. The number of nitroso groups, excluding NO2 is 1. The predicted octanol–water partition coefficient (Wildman–Crippen LogP) is 3.08. The lowest BCUT2D eigenvalue weighted by Crippen LogP contribution is -2.13. The zero-order valence-electron chi connectivity index (χ0n) is 11.5.